The quantitative estimate of drug-likeness (QED) is 0.886. The zero-order chi connectivity index (χ0) is 13.9. The first-order valence-electron chi connectivity index (χ1n) is 7.15. The lowest BCUT2D eigenvalue weighted by molar-refractivity contribution is 0.100. The summed E-state index contributed by atoms with van der Waals surface area (Å²) >= 11 is 1.61. The molecule has 2 heterocycles. The largest absolute Gasteiger partial charge is 0.480 e. The minimum atomic E-state index is -0.108. The predicted molar refractivity (Wildman–Crippen MR) is 79.3 cm³/mol. The molecule has 20 heavy (non-hydrogen) atoms. The molecular weight excluding hydrogens is 274 g/mol. The number of hydrogen-bond donors (Lipinski definition) is 2. The first-order chi connectivity index (χ1) is 9.78. The van der Waals surface area contributed by atoms with Gasteiger partial charge in [-0.25, -0.2) is 0 Å². The van der Waals surface area contributed by atoms with Crippen LogP contribution in [0.3, 0.4) is 0 Å². The molecule has 0 saturated heterocycles. The first kappa shape index (κ1) is 13.9. The molecule has 1 aliphatic carbocycles. The van der Waals surface area contributed by atoms with E-state index in [1.165, 1.54) is 6.42 Å². The Morgan fingerprint density at radius 2 is 2.45 bits per heavy atom. The van der Waals surface area contributed by atoms with Crippen molar-refractivity contribution in [3.63, 3.8) is 0 Å². The van der Waals surface area contributed by atoms with Crippen molar-refractivity contribution in [3.05, 3.63) is 17.3 Å². The maximum absolute atomic E-state index is 9.70. The number of thiazole rings is 1. The molecular formula is C14H21N3O2S. The number of aliphatic hydroxyl groups is 1. The van der Waals surface area contributed by atoms with Crippen LogP contribution in [0.5, 0.6) is 5.88 Å². The zero-order valence-corrected chi connectivity index (χ0v) is 12.5. The Labute approximate surface area is 122 Å². The molecule has 110 valence electrons. The molecule has 2 N–H and O–H groups in total. The van der Waals surface area contributed by atoms with Crippen molar-refractivity contribution < 1.29 is 9.84 Å². The summed E-state index contributed by atoms with van der Waals surface area (Å²) in [5.74, 6) is 1.28. The predicted octanol–water partition coefficient (Wildman–Crippen LogP) is 2.05. The van der Waals surface area contributed by atoms with Crippen LogP contribution >= 0.6 is 11.3 Å². The van der Waals surface area contributed by atoms with Crippen LogP contribution in [0, 0.1) is 5.92 Å². The number of hydrogen-bond acceptors (Lipinski definition) is 5. The molecule has 0 aliphatic heterocycles. The van der Waals surface area contributed by atoms with Crippen LogP contribution < -0.4 is 10.1 Å². The van der Waals surface area contributed by atoms with E-state index in [0.29, 0.717) is 11.8 Å². The lowest BCUT2D eigenvalue weighted by Gasteiger charge is -2.25. The van der Waals surface area contributed by atoms with Crippen molar-refractivity contribution in [2.45, 2.75) is 38.3 Å². The van der Waals surface area contributed by atoms with Crippen molar-refractivity contribution in [2.24, 2.45) is 5.92 Å². The van der Waals surface area contributed by atoms with E-state index in [4.69, 9.17) is 4.74 Å². The van der Waals surface area contributed by atoms with Gasteiger partial charge in [0.2, 0.25) is 5.88 Å². The van der Waals surface area contributed by atoms with Crippen molar-refractivity contribution >= 4 is 16.3 Å². The summed E-state index contributed by atoms with van der Waals surface area (Å²) < 4.78 is 7.42. The molecule has 0 radical (unpaired) electrons. The molecule has 1 aliphatic rings. The van der Waals surface area contributed by atoms with Crippen LogP contribution in [0.15, 0.2) is 11.6 Å². The monoisotopic (exact) mass is 295 g/mol. The average Bonchev–Trinajstić information content (AvgIpc) is 3.00. The third-order valence-corrected chi connectivity index (χ3v) is 4.75. The standard InChI is InChI=1S/C14H21N3O2S/c1-19-13-12(17-5-6-20-14(17)16-13)9-15-8-10-3-2-4-11(18)7-10/h5-6,10-11,15,18H,2-4,7-9H2,1H3. The van der Waals surface area contributed by atoms with E-state index >= 15 is 0 Å². The number of ether oxygens (including phenoxy) is 1. The third kappa shape index (κ3) is 2.82. The van der Waals surface area contributed by atoms with E-state index in [1.807, 2.05) is 11.6 Å². The molecule has 2 aromatic heterocycles. The minimum absolute atomic E-state index is 0.108. The molecule has 1 fully saturated rings. The Balaban J connectivity index is 1.60. The highest BCUT2D eigenvalue weighted by molar-refractivity contribution is 7.15. The van der Waals surface area contributed by atoms with Gasteiger partial charge in [0.15, 0.2) is 4.96 Å². The number of imidazole rings is 1. The Morgan fingerprint density at radius 3 is 3.25 bits per heavy atom. The smallest absolute Gasteiger partial charge is 0.237 e. The SMILES string of the molecule is COc1nc2sccn2c1CNCC1CCCC(O)C1. The van der Waals surface area contributed by atoms with Gasteiger partial charge in [0, 0.05) is 18.1 Å². The number of nitrogens with zero attached hydrogens (tertiary/aromatic N) is 2. The first-order valence-corrected chi connectivity index (χ1v) is 8.03. The lowest BCUT2D eigenvalue weighted by atomic mass is 9.87. The van der Waals surface area contributed by atoms with Crippen LogP contribution in [-0.2, 0) is 6.54 Å². The summed E-state index contributed by atoms with van der Waals surface area (Å²) in [6.45, 7) is 1.69. The Morgan fingerprint density at radius 1 is 1.55 bits per heavy atom. The van der Waals surface area contributed by atoms with E-state index in [0.717, 1.165) is 43.0 Å². The zero-order valence-electron chi connectivity index (χ0n) is 11.7. The molecule has 2 unspecified atom stereocenters. The van der Waals surface area contributed by atoms with Gasteiger partial charge in [-0.3, -0.25) is 4.40 Å². The van der Waals surface area contributed by atoms with Crippen LogP contribution in [0.2, 0.25) is 0 Å². The highest BCUT2D eigenvalue weighted by atomic mass is 32.1. The summed E-state index contributed by atoms with van der Waals surface area (Å²) in [7, 11) is 1.66. The Kier molecular flexibility index (Phi) is 4.24. The minimum Gasteiger partial charge on any atom is -0.480 e. The van der Waals surface area contributed by atoms with Gasteiger partial charge < -0.3 is 15.2 Å². The molecule has 0 spiro atoms. The van der Waals surface area contributed by atoms with E-state index < -0.39 is 0 Å². The van der Waals surface area contributed by atoms with Crippen molar-refractivity contribution in [1.82, 2.24) is 14.7 Å². The molecule has 1 saturated carbocycles. The van der Waals surface area contributed by atoms with Crippen molar-refractivity contribution in [3.8, 4) is 5.88 Å². The van der Waals surface area contributed by atoms with Gasteiger partial charge in [-0.2, -0.15) is 4.98 Å². The topological polar surface area (TPSA) is 58.8 Å². The summed E-state index contributed by atoms with van der Waals surface area (Å²) in [6, 6.07) is 0. The second-order valence-electron chi connectivity index (χ2n) is 5.44. The number of nitrogens with one attached hydrogen (secondary N) is 1. The van der Waals surface area contributed by atoms with E-state index in [-0.39, 0.29) is 6.10 Å². The van der Waals surface area contributed by atoms with Gasteiger partial charge in [-0.15, -0.1) is 11.3 Å². The molecule has 3 rings (SSSR count). The summed E-state index contributed by atoms with van der Waals surface area (Å²) in [5, 5.41) is 15.2. The fourth-order valence-corrected chi connectivity index (χ4v) is 3.70. The fourth-order valence-electron chi connectivity index (χ4n) is 2.98. The maximum atomic E-state index is 9.70. The average molecular weight is 295 g/mol. The summed E-state index contributed by atoms with van der Waals surface area (Å²) in [4.78, 5) is 5.41. The molecule has 2 aromatic rings. The molecule has 0 aromatic carbocycles. The second kappa shape index (κ2) is 6.11. The van der Waals surface area contributed by atoms with Crippen LogP contribution in [0.4, 0.5) is 0 Å². The highest BCUT2D eigenvalue weighted by Gasteiger charge is 2.20. The summed E-state index contributed by atoms with van der Waals surface area (Å²) in [5.41, 5.74) is 1.07. The van der Waals surface area contributed by atoms with E-state index in [1.54, 1.807) is 18.4 Å². The van der Waals surface area contributed by atoms with Crippen LogP contribution in [0.1, 0.15) is 31.4 Å². The molecule has 2 atom stereocenters. The Hall–Kier alpha value is -1.11. The Bertz CT molecular complexity index is 566. The van der Waals surface area contributed by atoms with Gasteiger partial charge in [0.25, 0.3) is 0 Å². The number of fused-ring (bicyclic) bond motifs is 1. The number of methoxy groups -OCH3 is 1. The van der Waals surface area contributed by atoms with Crippen molar-refractivity contribution in [2.75, 3.05) is 13.7 Å². The van der Waals surface area contributed by atoms with Gasteiger partial charge in [-0.1, -0.05) is 6.42 Å². The van der Waals surface area contributed by atoms with E-state index in [9.17, 15) is 5.11 Å². The molecule has 5 nitrogen and oxygen atoms in total. The highest BCUT2D eigenvalue weighted by Crippen LogP contribution is 2.25. The summed E-state index contributed by atoms with van der Waals surface area (Å²) in [6.07, 6.45) is 6.15. The second-order valence-corrected chi connectivity index (χ2v) is 6.31. The van der Waals surface area contributed by atoms with Crippen molar-refractivity contribution in [1.29, 1.82) is 0 Å². The fraction of sp³-hybridized carbons (Fsp3) is 0.643. The van der Waals surface area contributed by atoms with Gasteiger partial charge in [-0.05, 0) is 31.7 Å². The molecule has 0 amide bonds. The lowest BCUT2D eigenvalue weighted by Crippen LogP contribution is -2.29. The number of rotatable bonds is 5. The third-order valence-electron chi connectivity index (χ3n) is 4.00. The number of aliphatic hydroxyl groups excluding tert-OH is 1. The van der Waals surface area contributed by atoms with E-state index in [2.05, 4.69) is 14.7 Å². The molecule has 6 heteroatoms. The normalized spacial score (nSPS) is 23.3. The van der Waals surface area contributed by atoms with Gasteiger partial charge >= 0.3 is 0 Å². The van der Waals surface area contributed by atoms with Crippen LogP contribution in [0.25, 0.3) is 4.96 Å². The number of aromatic nitrogens is 2. The van der Waals surface area contributed by atoms with Crippen LogP contribution in [-0.4, -0.2) is 34.2 Å². The van der Waals surface area contributed by atoms with Gasteiger partial charge in [0.1, 0.15) is 5.69 Å². The maximum Gasteiger partial charge on any atom is 0.237 e. The molecule has 0 bridgehead atoms. The van der Waals surface area contributed by atoms with Gasteiger partial charge in [0.05, 0.1) is 13.2 Å².